The van der Waals surface area contributed by atoms with E-state index in [-0.39, 0.29) is 34.2 Å². The van der Waals surface area contributed by atoms with Crippen LogP contribution in [0.15, 0.2) is 36.0 Å². The lowest BCUT2D eigenvalue weighted by Gasteiger charge is -2.57. The fourth-order valence-corrected chi connectivity index (χ4v) is 8.87. The molecule has 5 rings (SSSR count). The first-order chi connectivity index (χ1) is 16.6. The van der Waals surface area contributed by atoms with E-state index in [1.807, 2.05) is 24.3 Å². The molecule has 0 aliphatic heterocycles. The molecule has 3 unspecified atom stereocenters. The highest BCUT2D eigenvalue weighted by molar-refractivity contribution is 6.34. The Morgan fingerprint density at radius 1 is 1.17 bits per heavy atom. The van der Waals surface area contributed by atoms with Crippen molar-refractivity contribution in [3.05, 3.63) is 36.0 Å². The predicted octanol–water partition coefficient (Wildman–Crippen LogP) is 5.98. The maximum atomic E-state index is 13.4. The number of carbonyl (C=O) groups is 2. The lowest BCUT2D eigenvalue weighted by Crippen LogP contribution is -2.52. The molecule has 5 aliphatic carbocycles. The molecule has 5 aliphatic rings. The fraction of sp³-hybridized carbons (Fsp3) is 0.724. The third kappa shape index (κ3) is 4.36. The normalized spacial score (nSPS) is 46.4. The molecule has 0 aromatic heterocycles. The van der Waals surface area contributed by atoms with Crippen LogP contribution < -0.4 is 5.32 Å². The molecule has 0 radical (unpaired) electrons. The van der Waals surface area contributed by atoms with E-state index in [0.717, 1.165) is 32.1 Å². The number of fused-ring (bicyclic) bond motifs is 5. The smallest absolute Gasteiger partial charge is 0.302 e. The molecule has 192 valence electrons. The average molecular weight is 521 g/mol. The van der Waals surface area contributed by atoms with E-state index < -0.39 is 4.87 Å². The molecule has 35 heavy (non-hydrogen) atoms. The topological polar surface area (TPSA) is 55.4 Å². The van der Waals surface area contributed by atoms with Crippen molar-refractivity contribution in [2.24, 2.45) is 34.5 Å². The van der Waals surface area contributed by atoms with Gasteiger partial charge in [0.05, 0.1) is 10.3 Å². The van der Waals surface area contributed by atoms with E-state index in [9.17, 15) is 9.59 Å². The van der Waals surface area contributed by atoms with Gasteiger partial charge in [-0.3, -0.25) is 9.59 Å². The largest absolute Gasteiger partial charge is 0.462 e. The maximum absolute atomic E-state index is 13.4. The van der Waals surface area contributed by atoms with Crippen LogP contribution >= 0.6 is 23.2 Å². The Bertz CT molecular complexity index is 975. The third-order valence-corrected chi connectivity index (χ3v) is 11.5. The summed E-state index contributed by atoms with van der Waals surface area (Å²) in [6.45, 7) is 7.53. The number of rotatable bonds is 5. The summed E-state index contributed by atoms with van der Waals surface area (Å²) in [7, 11) is 0. The van der Waals surface area contributed by atoms with Gasteiger partial charge in [0, 0.05) is 38.8 Å². The number of ketones is 1. The van der Waals surface area contributed by atoms with Gasteiger partial charge in [0.25, 0.3) is 0 Å². The molecule has 3 fully saturated rings. The average Bonchev–Trinajstić information content (AvgIpc) is 3.06. The molecule has 0 aromatic rings. The molecule has 3 saturated carbocycles. The van der Waals surface area contributed by atoms with Gasteiger partial charge in [-0.15, -0.1) is 23.2 Å². The molecule has 0 aromatic carbocycles. The Morgan fingerprint density at radius 3 is 2.71 bits per heavy atom. The summed E-state index contributed by atoms with van der Waals surface area (Å²) in [6, 6.07) is 0. The summed E-state index contributed by atoms with van der Waals surface area (Å²) >= 11 is 13.2. The van der Waals surface area contributed by atoms with Gasteiger partial charge in [-0.2, -0.15) is 0 Å². The van der Waals surface area contributed by atoms with Crippen molar-refractivity contribution >= 4 is 35.0 Å². The van der Waals surface area contributed by atoms with Crippen molar-refractivity contribution in [3.63, 3.8) is 0 Å². The predicted molar refractivity (Wildman–Crippen MR) is 141 cm³/mol. The van der Waals surface area contributed by atoms with Gasteiger partial charge >= 0.3 is 5.97 Å². The Balaban J connectivity index is 1.28. The van der Waals surface area contributed by atoms with Crippen molar-refractivity contribution in [2.75, 3.05) is 13.1 Å². The van der Waals surface area contributed by atoms with Crippen molar-refractivity contribution in [3.8, 4) is 0 Å². The van der Waals surface area contributed by atoms with Crippen LogP contribution in [0.3, 0.4) is 0 Å². The van der Waals surface area contributed by atoms with Crippen LogP contribution in [0.1, 0.15) is 65.7 Å². The van der Waals surface area contributed by atoms with Gasteiger partial charge in [-0.25, -0.2) is 0 Å². The molecule has 0 amide bonds. The summed E-state index contributed by atoms with van der Waals surface area (Å²) in [5.41, 5.74) is 1.69. The van der Waals surface area contributed by atoms with E-state index in [1.165, 1.54) is 18.9 Å². The van der Waals surface area contributed by atoms with Crippen LogP contribution in [-0.4, -0.2) is 41.2 Å². The number of alkyl halides is 2. The maximum Gasteiger partial charge on any atom is 0.302 e. The van der Waals surface area contributed by atoms with Crippen molar-refractivity contribution in [2.45, 2.75) is 82.1 Å². The molecule has 6 heteroatoms. The summed E-state index contributed by atoms with van der Waals surface area (Å²) in [6.07, 6.45) is 17.1. The molecule has 0 spiro atoms. The second-order valence-electron chi connectivity index (χ2n) is 12.2. The van der Waals surface area contributed by atoms with E-state index in [0.29, 0.717) is 43.0 Å². The van der Waals surface area contributed by atoms with Crippen molar-refractivity contribution in [1.29, 1.82) is 0 Å². The minimum Gasteiger partial charge on any atom is -0.462 e. The first-order valence-electron chi connectivity index (χ1n) is 13.4. The Hall–Kier alpha value is -1.10. The molecule has 4 nitrogen and oxygen atoms in total. The number of ether oxygens (including phenoxy) is 1. The third-order valence-electron chi connectivity index (χ3n) is 10.4. The number of halogens is 2. The molecule has 1 N–H and O–H groups in total. The first-order valence-corrected chi connectivity index (χ1v) is 14.2. The molecule has 0 heterocycles. The van der Waals surface area contributed by atoms with Crippen LogP contribution in [0.5, 0.6) is 0 Å². The molecule has 9 atom stereocenters. The highest BCUT2D eigenvalue weighted by atomic mass is 35.5. The number of carbonyl (C=O) groups excluding carboxylic acids is 2. The monoisotopic (exact) mass is 519 g/mol. The standard InChI is InChI=1S/C29H39Cl2NO3/c1-18(33)35-20-9-12-27(2)19(14-20)7-8-21-22(27)10-13-28(3)23(21)15-25(34)24(28)16-32-17-29(31)11-5-4-6-26(29)30/h4-7,11,20-24,26,32H,8-10,12-17H2,1-3H3/t20-,21+,22-,23-,24?,26?,27-,28-,29?/m0/s1. The zero-order chi connectivity index (χ0) is 25.0. The minimum absolute atomic E-state index is 0.0213. The van der Waals surface area contributed by atoms with Crippen molar-refractivity contribution < 1.29 is 14.3 Å². The van der Waals surface area contributed by atoms with E-state index in [1.54, 1.807) is 0 Å². The zero-order valence-electron chi connectivity index (χ0n) is 21.2. The van der Waals surface area contributed by atoms with Crippen LogP contribution in [0, 0.1) is 34.5 Å². The second-order valence-corrected chi connectivity index (χ2v) is 13.4. The minimum atomic E-state index is -0.653. The molecule has 0 bridgehead atoms. The van der Waals surface area contributed by atoms with Crippen LogP contribution in [-0.2, 0) is 14.3 Å². The summed E-state index contributed by atoms with van der Waals surface area (Å²) < 4.78 is 5.57. The van der Waals surface area contributed by atoms with Gasteiger partial charge in [-0.1, -0.05) is 49.8 Å². The lowest BCUT2D eigenvalue weighted by atomic mass is 9.47. The lowest BCUT2D eigenvalue weighted by molar-refractivity contribution is -0.148. The number of allylic oxidation sites excluding steroid dienone is 4. The number of esters is 1. The van der Waals surface area contributed by atoms with E-state index in [2.05, 4.69) is 25.2 Å². The summed E-state index contributed by atoms with van der Waals surface area (Å²) in [4.78, 5) is 24.2. The van der Waals surface area contributed by atoms with Gasteiger partial charge < -0.3 is 10.1 Å². The van der Waals surface area contributed by atoms with Gasteiger partial charge in [-0.05, 0) is 60.7 Å². The van der Waals surface area contributed by atoms with E-state index in [4.69, 9.17) is 27.9 Å². The first kappa shape index (κ1) is 25.5. The molecule has 0 saturated heterocycles. The molecular weight excluding hydrogens is 481 g/mol. The van der Waals surface area contributed by atoms with Gasteiger partial charge in [0.2, 0.25) is 0 Å². The van der Waals surface area contributed by atoms with Crippen LogP contribution in [0.4, 0.5) is 0 Å². The molecular formula is C29H39Cl2NO3. The zero-order valence-corrected chi connectivity index (χ0v) is 22.7. The highest BCUT2D eigenvalue weighted by Crippen LogP contribution is 2.65. The van der Waals surface area contributed by atoms with Gasteiger partial charge in [0.1, 0.15) is 11.9 Å². The van der Waals surface area contributed by atoms with Crippen LogP contribution in [0.2, 0.25) is 0 Å². The Morgan fingerprint density at radius 2 is 1.97 bits per heavy atom. The van der Waals surface area contributed by atoms with Gasteiger partial charge in [0.15, 0.2) is 0 Å². The summed E-state index contributed by atoms with van der Waals surface area (Å²) in [5, 5.41) is 3.26. The Kier molecular flexibility index (Phi) is 6.81. The fourth-order valence-electron chi connectivity index (χ4n) is 8.40. The highest BCUT2D eigenvalue weighted by Gasteiger charge is 2.61. The number of Topliss-reactive ketones (excluding diaryl/α,β-unsaturated/α-hetero) is 1. The Labute approximate surface area is 219 Å². The quantitative estimate of drug-likeness (QED) is 0.276. The van der Waals surface area contributed by atoms with Crippen molar-refractivity contribution in [1.82, 2.24) is 5.32 Å². The van der Waals surface area contributed by atoms with Crippen LogP contribution in [0.25, 0.3) is 0 Å². The second kappa shape index (κ2) is 9.33. The van der Waals surface area contributed by atoms with E-state index >= 15 is 0 Å². The number of hydrogen-bond acceptors (Lipinski definition) is 4. The number of hydrogen-bond donors (Lipinski definition) is 1. The summed E-state index contributed by atoms with van der Waals surface area (Å²) in [5.74, 6) is 1.87. The SMILES string of the molecule is CC(=O)O[C@H]1CC[C@@]2(C)C(=CC[C@@H]3[C@@H]2CC[C@]2(C)C(CNCC4(Cl)C=CC=CC4Cl)C(=O)C[C@@H]32)C1. The number of nitrogens with one attached hydrogen (secondary N) is 1.